The highest BCUT2D eigenvalue weighted by molar-refractivity contribution is 6.43. The molecule has 0 radical (unpaired) electrons. The highest BCUT2D eigenvalue weighted by Gasteiger charge is 2.10. The molecule has 7 heteroatoms. The molecule has 3 nitrogen and oxygen atoms in total. The third-order valence-corrected chi connectivity index (χ3v) is 3.20. The number of halogens is 4. The van der Waals surface area contributed by atoms with Crippen LogP contribution < -0.4 is 5.32 Å². The molecule has 0 aliphatic heterocycles. The smallest absolute Gasteiger partial charge is 0.151 e. The van der Waals surface area contributed by atoms with E-state index in [0.717, 1.165) is 6.07 Å². The molecule has 1 N–H and O–H groups in total. The van der Waals surface area contributed by atoms with Gasteiger partial charge in [0.25, 0.3) is 0 Å². The van der Waals surface area contributed by atoms with E-state index < -0.39 is 5.82 Å². The zero-order valence-corrected chi connectivity index (χ0v) is 11.5. The van der Waals surface area contributed by atoms with Gasteiger partial charge < -0.3 is 5.32 Å². The lowest BCUT2D eigenvalue weighted by Gasteiger charge is -2.09. The van der Waals surface area contributed by atoms with Crippen molar-refractivity contribution in [2.75, 3.05) is 5.32 Å². The second-order valence-corrected chi connectivity index (χ2v) is 4.70. The Morgan fingerprint density at radius 2 is 1.89 bits per heavy atom. The summed E-state index contributed by atoms with van der Waals surface area (Å²) in [6.07, 6.45) is 0. The average Bonchev–Trinajstić information content (AvgIpc) is 2.38. The molecule has 1 heterocycles. The Morgan fingerprint density at radius 1 is 1.16 bits per heavy atom. The third-order valence-electron chi connectivity index (χ3n) is 2.24. The van der Waals surface area contributed by atoms with Gasteiger partial charge >= 0.3 is 0 Å². The van der Waals surface area contributed by atoms with Crippen LogP contribution in [0.25, 0.3) is 0 Å². The van der Waals surface area contributed by atoms with E-state index in [-0.39, 0.29) is 32.3 Å². The van der Waals surface area contributed by atoms with E-state index in [1.807, 2.05) is 6.07 Å². The molecule has 2 rings (SSSR count). The first kappa shape index (κ1) is 13.9. The van der Waals surface area contributed by atoms with Crippen LogP contribution in [-0.2, 0) is 0 Å². The molecule has 0 aliphatic carbocycles. The van der Waals surface area contributed by atoms with Crippen LogP contribution in [0.3, 0.4) is 0 Å². The summed E-state index contributed by atoms with van der Waals surface area (Å²) in [4.78, 5) is 3.91. The highest BCUT2D eigenvalue weighted by Crippen LogP contribution is 2.31. The molecule has 0 saturated carbocycles. The van der Waals surface area contributed by atoms with Gasteiger partial charge in [0, 0.05) is 0 Å². The zero-order valence-electron chi connectivity index (χ0n) is 9.22. The largest absolute Gasteiger partial charge is 0.337 e. The van der Waals surface area contributed by atoms with E-state index in [0.29, 0.717) is 0 Å². The zero-order chi connectivity index (χ0) is 14.0. The summed E-state index contributed by atoms with van der Waals surface area (Å²) in [6.45, 7) is 0. The minimum Gasteiger partial charge on any atom is -0.337 e. The number of nitrogens with one attached hydrogen (secondary N) is 1. The van der Waals surface area contributed by atoms with Crippen LogP contribution in [0.2, 0.25) is 15.2 Å². The van der Waals surface area contributed by atoms with Crippen molar-refractivity contribution in [2.24, 2.45) is 0 Å². The summed E-state index contributed by atoms with van der Waals surface area (Å²) in [5, 5.41) is 11.8. The molecular formula is C12H5Cl3FN3. The van der Waals surface area contributed by atoms with Gasteiger partial charge in [-0.15, -0.1) is 0 Å². The molecule has 0 saturated heterocycles. The number of nitriles is 1. The van der Waals surface area contributed by atoms with Gasteiger partial charge in [-0.05, 0) is 24.3 Å². The van der Waals surface area contributed by atoms with Crippen LogP contribution in [0.1, 0.15) is 5.56 Å². The average molecular weight is 317 g/mol. The first-order valence-corrected chi connectivity index (χ1v) is 6.13. The number of hydrogen-bond acceptors (Lipinski definition) is 3. The fourth-order valence-electron chi connectivity index (χ4n) is 1.35. The molecule has 0 amide bonds. The van der Waals surface area contributed by atoms with E-state index in [1.165, 1.54) is 18.2 Å². The maximum atomic E-state index is 13.7. The third kappa shape index (κ3) is 3.07. The quantitative estimate of drug-likeness (QED) is 0.810. The number of pyridine rings is 1. The van der Waals surface area contributed by atoms with Gasteiger partial charge in [0.15, 0.2) is 5.82 Å². The molecule has 96 valence electrons. The van der Waals surface area contributed by atoms with Crippen LogP contribution in [0.15, 0.2) is 24.3 Å². The fourth-order valence-corrected chi connectivity index (χ4v) is 1.89. The Kier molecular flexibility index (Phi) is 4.11. The summed E-state index contributed by atoms with van der Waals surface area (Å²) in [7, 11) is 0. The number of benzene rings is 1. The van der Waals surface area contributed by atoms with Gasteiger partial charge in [-0.3, -0.25) is 0 Å². The van der Waals surface area contributed by atoms with Crippen molar-refractivity contribution in [3.8, 4) is 6.07 Å². The molecule has 0 spiro atoms. The van der Waals surface area contributed by atoms with Gasteiger partial charge in [0.1, 0.15) is 11.0 Å². The second kappa shape index (κ2) is 5.62. The molecule has 0 aliphatic rings. The number of hydrogen-bond donors (Lipinski definition) is 1. The Balaban J connectivity index is 2.37. The van der Waals surface area contributed by atoms with Gasteiger partial charge in [0.05, 0.1) is 27.4 Å². The Labute approximate surface area is 123 Å². The van der Waals surface area contributed by atoms with E-state index in [1.54, 1.807) is 0 Å². The molecule has 1 aromatic carbocycles. The van der Waals surface area contributed by atoms with Crippen molar-refractivity contribution in [2.45, 2.75) is 0 Å². The standard InChI is InChI=1S/C12H5Cl3FN3/c13-7-4-8(14)12(19-11(7)15)18-10-2-1-6(5-17)3-9(10)16/h1-4H,(H,18,19). The maximum absolute atomic E-state index is 13.7. The maximum Gasteiger partial charge on any atom is 0.151 e. The molecule has 1 aromatic heterocycles. The summed E-state index contributed by atoms with van der Waals surface area (Å²) in [5.41, 5.74) is 0.350. The number of nitrogens with zero attached hydrogens (tertiary/aromatic N) is 2. The number of anilines is 2. The van der Waals surface area contributed by atoms with Gasteiger partial charge in [-0.2, -0.15) is 5.26 Å². The van der Waals surface area contributed by atoms with E-state index in [4.69, 9.17) is 40.1 Å². The minimum absolute atomic E-state index is 0.0580. The lowest BCUT2D eigenvalue weighted by Crippen LogP contribution is -1.98. The van der Waals surface area contributed by atoms with Crippen molar-refractivity contribution in [1.82, 2.24) is 4.98 Å². The van der Waals surface area contributed by atoms with Crippen LogP contribution in [-0.4, -0.2) is 4.98 Å². The van der Waals surface area contributed by atoms with Gasteiger partial charge in [0.2, 0.25) is 0 Å². The predicted octanol–water partition coefficient (Wildman–Crippen LogP) is 4.80. The van der Waals surface area contributed by atoms with E-state index >= 15 is 0 Å². The van der Waals surface area contributed by atoms with Crippen LogP contribution >= 0.6 is 34.8 Å². The minimum atomic E-state index is -0.594. The van der Waals surface area contributed by atoms with Gasteiger partial charge in [-0.1, -0.05) is 34.8 Å². The highest BCUT2D eigenvalue weighted by atomic mass is 35.5. The summed E-state index contributed by atoms with van der Waals surface area (Å²) >= 11 is 17.4. The summed E-state index contributed by atoms with van der Waals surface area (Å²) in [5.74, 6) is -0.414. The van der Waals surface area contributed by atoms with Crippen LogP contribution in [0.5, 0.6) is 0 Å². The van der Waals surface area contributed by atoms with E-state index in [9.17, 15) is 4.39 Å². The summed E-state index contributed by atoms with van der Waals surface area (Å²) in [6, 6.07) is 7.23. The number of aromatic nitrogens is 1. The van der Waals surface area contributed by atoms with Gasteiger partial charge in [-0.25, -0.2) is 9.37 Å². The molecule has 0 atom stereocenters. The summed E-state index contributed by atoms with van der Waals surface area (Å²) < 4.78 is 13.7. The second-order valence-electron chi connectivity index (χ2n) is 3.52. The molecule has 19 heavy (non-hydrogen) atoms. The Hall–Kier alpha value is -1.54. The van der Waals surface area contributed by atoms with E-state index in [2.05, 4.69) is 10.3 Å². The van der Waals surface area contributed by atoms with Crippen molar-refractivity contribution in [3.05, 3.63) is 50.8 Å². The fraction of sp³-hybridized carbons (Fsp3) is 0. The normalized spacial score (nSPS) is 10.1. The van der Waals surface area contributed by atoms with Crippen LogP contribution in [0.4, 0.5) is 15.9 Å². The van der Waals surface area contributed by atoms with Crippen molar-refractivity contribution < 1.29 is 4.39 Å². The first-order valence-electron chi connectivity index (χ1n) is 4.99. The van der Waals surface area contributed by atoms with Crippen LogP contribution in [0, 0.1) is 17.1 Å². The molecule has 2 aromatic rings. The monoisotopic (exact) mass is 315 g/mol. The SMILES string of the molecule is N#Cc1ccc(Nc2nc(Cl)c(Cl)cc2Cl)c(F)c1. The predicted molar refractivity (Wildman–Crippen MR) is 73.7 cm³/mol. The van der Waals surface area contributed by atoms with Crippen molar-refractivity contribution >= 4 is 46.3 Å². The molecule has 0 unspecified atom stereocenters. The molecular weight excluding hydrogens is 312 g/mol. The topological polar surface area (TPSA) is 48.7 Å². The first-order chi connectivity index (χ1) is 9.01. The van der Waals surface area contributed by atoms with Crippen molar-refractivity contribution in [3.63, 3.8) is 0 Å². The lowest BCUT2D eigenvalue weighted by molar-refractivity contribution is 0.631. The molecule has 0 fully saturated rings. The lowest BCUT2D eigenvalue weighted by atomic mass is 10.2. The Bertz CT molecular complexity index is 683. The number of rotatable bonds is 2. The Morgan fingerprint density at radius 3 is 2.53 bits per heavy atom. The molecule has 0 bridgehead atoms. The van der Waals surface area contributed by atoms with Crippen molar-refractivity contribution in [1.29, 1.82) is 5.26 Å².